The lowest BCUT2D eigenvalue weighted by atomic mass is 9.99. The number of carbonyl (C=O) groups is 1. The molecule has 2 aromatic carbocycles. The Morgan fingerprint density at radius 3 is 2.67 bits per heavy atom. The molecule has 0 unspecified atom stereocenters. The van der Waals surface area contributed by atoms with Crippen LogP contribution in [0, 0.1) is 11.6 Å². The third-order valence-corrected chi connectivity index (χ3v) is 5.05. The number of nitrogens with zero attached hydrogens (tertiary/aromatic N) is 3. The Morgan fingerprint density at radius 2 is 1.93 bits per heavy atom. The van der Waals surface area contributed by atoms with E-state index in [1.807, 2.05) is 0 Å². The van der Waals surface area contributed by atoms with Crippen molar-refractivity contribution in [2.45, 2.75) is 13.0 Å². The third-order valence-electron chi connectivity index (χ3n) is 5.05. The molecule has 1 aromatic heterocycles. The van der Waals surface area contributed by atoms with Crippen LogP contribution in [0.3, 0.4) is 0 Å². The molecule has 8 heteroatoms. The van der Waals surface area contributed by atoms with Gasteiger partial charge in [0.05, 0.1) is 17.9 Å². The van der Waals surface area contributed by atoms with Gasteiger partial charge >= 0.3 is 0 Å². The van der Waals surface area contributed by atoms with Gasteiger partial charge in [-0.05, 0) is 36.8 Å². The average molecular weight is 415 g/mol. The van der Waals surface area contributed by atoms with Crippen LogP contribution in [0.15, 0.2) is 42.5 Å². The van der Waals surface area contributed by atoms with E-state index in [-0.39, 0.29) is 19.1 Å². The summed E-state index contributed by atoms with van der Waals surface area (Å²) < 4.78 is 46.6. The van der Waals surface area contributed by atoms with Gasteiger partial charge in [0.2, 0.25) is 0 Å². The fourth-order valence-corrected chi connectivity index (χ4v) is 3.80. The van der Waals surface area contributed by atoms with E-state index in [1.165, 1.54) is 12.1 Å². The number of halogens is 3. The molecule has 3 aromatic rings. The summed E-state index contributed by atoms with van der Waals surface area (Å²) in [6.45, 7) is 0.0552. The first kappa shape index (κ1) is 20.0. The minimum absolute atomic E-state index is 0.0674. The second-order valence-corrected chi connectivity index (χ2v) is 7.10. The van der Waals surface area contributed by atoms with E-state index >= 15 is 0 Å². The Morgan fingerprint density at radius 1 is 1.17 bits per heavy atom. The highest BCUT2D eigenvalue weighted by Crippen LogP contribution is 2.31. The number of rotatable bonds is 5. The number of aromatic nitrogens is 2. The molecule has 1 amide bonds. The van der Waals surface area contributed by atoms with Crippen LogP contribution in [0.1, 0.15) is 21.6 Å². The molecule has 0 aliphatic carbocycles. The summed E-state index contributed by atoms with van der Waals surface area (Å²) in [4.78, 5) is 14.6. The summed E-state index contributed by atoms with van der Waals surface area (Å²) in [6, 6.07) is 10.0. The molecule has 30 heavy (non-hydrogen) atoms. The zero-order chi connectivity index (χ0) is 21.3. The molecule has 1 aliphatic heterocycles. The third kappa shape index (κ3) is 3.90. The van der Waals surface area contributed by atoms with Crippen molar-refractivity contribution < 1.29 is 22.7 Å². The maximum Gasteiger partial charge on any atom is 0.254 e. The SMILES string of the molecule is Cn1nc2c(c1-c1cc(F)cc(F)c1)CCN(C(=O)c1cccc(OCCF)c1)C2. The van der Waals surface area contributed by atoms with E-state index in [0.717, 1.165) is 11.6 Å². The quantitative estimate of drug-likeness (QED) is 0.635. The Balaban J connectivity index is 1.58. The van der Waals surface area contributed by atoms with Gasteiger partial charge in [0, 0.05) is 36.3 Å². The van der Waals surface area contributed by atoms with E-state index in [4.69, 9.17) is 4.74 Å². The summed E-state index contributed by atoms with van der Waals surface area (Å²) in [5.74, 6) is -1.05. The summed E-state index contributed by atoms with van der Waals surface area (Å²) in [5.41, 5.74) is 3.09. The highest BCUT2D eigenvalue weighted by atomic mass is 19.1. The molecule has 5 nitrogen and oxygen atoms in total. The van der Waals surface area contributed by atoms with Gasteiger partial charge < -0.3 is 9.64 Å². The van der Waals surface area contributed by atoms with Crippen LogP contribution in [0.4, 0.5) is 13.2 Å². The summed E-state index contributed by atoms with van der Waals surface area (Å²) in [6.07, 6.45) is 0.514. The van der Waals surface area contributed by atoms with Gasteiger partial charge in [-0.1, -0.05) is 6.07 Å². The second kappa shape index (κ2) is 8.22. The van der Waals surface area contributed by atoms with Crippen molar-refractivity contribution in [1.82, 2.24) is 14.7 Å². The van der Waals surface area contributed by atoms with Crippen LogP contribution < -0.4 is 4.74 Å². The normalized spacial score (nSPS) is 13.3. The Bertz CT molecular complexity index is 1080. The van der Waals surface area contributed by atoms with Crippen molar-refractivity contribution in [3.05, 3.63) is 70.9 Å². The van der Waals surface area contributed by atoms with Gasteiger partial charge in [-0.15, -0.1) is 0 Å². The van der Waals surface area contributed by atoms with Crippen molar-refractivity contribution in [2.24, 2.45) is 7.05 Å². The van der Waals surface area contributed by atoms with Crippen LogP contribution in [0.2, 0.25) is 0 Å². The van der Waals surface area contributed by atoms with E-state index < -0.39 is 18.3 Å². The molecule has 0 bridgehead atoms. The molecular formula is C22H20F3N3O2. The van der Waals surface area contributed by atoms with Crippen molar-refractivity contribution >= 4 is 5.91 Å². The fourth-order valence-electron chi connectivity index (χ4n) is 3.80. The van der Waals surface area contributed by atoms with Crippen LogP contribution in [-0.4, -0.2) is 40.4 Å². The van der Waals surface area contributed by atoms with E-state index in [0.29, 0.717) is 41.2 Å². The largest absolute Gasteiger partial charge is 0.491 e. The van der Waals surface area contributed by atoms with Gasteiger partial charge in [-0.25, -0.2) is 13.2 Å². The number of carbonyl (C=O) groups excluding carboxylic acids is 1. The number of ether oxygens (including phenoxy) is 1. The van der Waals surface area contributed by atoms with E-state index in [9.17, 15) is 18.0 Å². The topological polar surface area (TPSA) is 47.4 Å². The van der Waals surface area contributed by atoms with Crippen molar-refractivity contribution in [3.63, 3.8) is 0 Å². The molecule has 4 rings (SSSR count). The summed E-state index contributed by atoms with van der Waals surface area (Å²) in [7, 11) is 1.72. The van der Waals surface area contributed by atoms with Crippen LogP contribution in [-0.2, 0) is 20.0 Å². The smallest absolute Gasteiger partial charge is 0.254 e. The number of fused-ring (bicyclic) bond motifs is 1. The first-order chi connectivity index (χ1) is 14.5. The molecule has 0 saturated carbocycles. The molecular weight excluding hydrogens is 395 g/mol. The van der Waals surface area contributed by atoms with Crippen molar-refractivity contribution in [2.75, 3.05) is 19.8 Å². The molecule has 0 fully saturated rings. The standard InChI is InChI=1S/C22H20F3N3O2/c1-27-21(15-9-16(24)12-17(25)10-15)19-5-7-28(13-20(19)26-27)22(29)14-3-2-4-18(11-14)30-8-6-23/h2-4,9-12H,5-8,13H2,1H3. The molecule has 0 saturated heterocycles. The predicted octanol–water partition coefficient (Wildman–Crippen LogP) is 3.91. The van der Waals surface area contributed by atoms with Crippen LogP contribution in [0.25, 0.3) is 11.3 Å². The molecule has 0 spiro atoms. The number of aryl methyl sites for hydroxylation is 1. The molecule has 2 heterocycles. The minimum Gasteiger partial charge on any atom is -0.491 e. The maximum absolute atomic E-state index is 13.7. The molecule has 0 N–H and O–H groups in total. The summed E-state index contributed by atoms with van der Waals surface area (Å²) >= 11 is 0. The lowest BCUT2D eigenvalue weighted by molar-refractivity contribution is 0.0732. The average Bonchev–Trinajstić information content (AvgIpc) is 3.06. The highest BCUT2D eigenvalue weighted by molar-refractivity contribution is 5.94. The number of hydrogen-bond acceptors (Lipinski definition) is 3. The number of hydrogen-bond donors (Lipinski definition) is 0. The lowest BCUT2D eigenvalue weighted by Gasteiger charge is -2.27. The lowest BCUT2D eigenvalue weighted by Crippen LogP contribution is -2.36. The molecule has 1 aliphatic rings. The van der Waals surface area contributed by atoms with Crippen molar-refractivity contribution in [1.29, 1.82) is 0 Å². The fraction of sp³-hybridized carbons (Fsp3) is 0.273. The summed E-state index contributed by atoms with van der Waals surface area (Å²) in [5, 5.41) is 4.48. The maximum atomic E-state index is 13.7. The molecule has 0 atom stereocenters. The van der Waals surface area contributed by atoms with Crippen molar-refractivity contribution in [3.8, 4) is 17.0 Å². The van der Waals surface area contributed by atoms with E-state index in [1.54, 1.807) is 40.9 Å². The number of benzene rings is 2. The number of alkyl halides is 1. The van der Waals surface area contributed by atoms with Crippen LogP contribution >= 0.6 is 0 Å². The van der Waals surface area contributed by atoms with E-state index in [2.05, 4.69) is 5.10 Å². The Hall–Kier alpha value is -3.29. The van der Waals surface area contributed by atoms with Gasteiger partial charge in [0.15, 0.2) is 0 Å². The number of amides is 1. The second-order valence-electron chi connectivity index (χ2n) is 7.10. The van der Waals surface area contributed by atoms with Gasteiger partial charge in [0.25, 0.3) is 5.91 Å². The predicted molar refractivity (Wildman–Crippen MR) is 105 cm³/mol. The first-order valence-corrected chi connectivity index (χ1v) is 9.55. The monoisotopic (exact) mass is 415 g/mol. The first-order valence-electron chi connectivity index (χ1n) is 9.55. The van der Waals surface area contributed by atoms with Gasteiger partial charge in [-0.2, -0.15) is 5.10 Å². The van der Waals surface area contributed by atoms with Gasteiger partial charge in [0.1, 0.15) is 30.7 Å². The Kier molecular flexibility index (Phi) is 5.48. The molecule has 0 radical (unpaired) electrons. The highest BCUT2D eigenvalue weighted by Gasteiger charge is 2.28. The zero-order valence-corrected chi connectivity index (χ0v) is 16.4. The zero-order valence-electron chi connectivity index (χ0n) is 16.4. The Labute approximate surface area is 171 Å². The van der Waals surface area contributed by atoms with Gasteiger partial charge in [-0.3, -0.25) is 9.48 Å². The van der Waals surface area contributed by atoms with Crippen LogP contribution in [0.5, 0.6) is 5.75 Å². The minimum atomic E-state index is -0.651. The molecule has 156 valence electrons.